The molecule has 0 amide bonds. The van der Waals surface area contributed by atoms with Crippen LogP contribution < -0.4 is 0 Å². The van der Waals surface area contributed by atoms with Gasteiger partial charge in [-0.1, -0.05) is 48.5 Å². The van der Waals surface area contributed by atoms with Crippen LogP contribution in [0.15, 0.2) is 73.1 Å². The molecule has 3 aromatic carbocycles. The lowest BCUT2D eigenvalue weighted by Crippen LogP contribution is -1.83. The van der Waals surface area contributed by atoms with E-state index in [1.165, 1.54) is 32.9 Å². The summed E-state index contributed by atoms with van der Waals surface area (Å²) in [7, 11) is 0. The number of aromatic amines is 2. The van der Waals surface area contributed by atoms with Gasteiger partial charge in [-0.2, -0.15) is 0 Å². The first-order chi connectivity index (χ1) is 12.4. The molecule has 0 atom stereocenters. The molecule has 0 saturated heterocycles. The summed E-state index contributed by atoms with van der Waals surface area (Å²) < 4.78 is 2.09. The van der Waals surface area contributed by atoms with Gasteiger partial charge in [0.25, 0.3) is 0 Å². The number of rotatable bonds is 1. The summed E-state index contributed by atoms with van der Waals surface area (Å²) in [4.78, 5) is 11.4. The molecule has 0 bridgehead atoms. The standard InChI is InChI=1S/C21H14N4/c1-2-9-17-13(5-1)14-6-3-7-15(19(14)23-17)16-8-4-10-18-20(16)24-21-22-11-12-25(18)21/h1-12,23H,(H,22,24). The molecule has 6 rings (SSSR count). The fourth-order valence-corrected chi connectivity index (χ4v) is 3.90. The van der Waals surface area contributed by atoms with Gasteiger partial charge in [0.15, 0.2) is 0 Å². The molecule has 0 aliphatic carbocycles. The minimum Gasteiger partial charge on any atom is -0.354 e. The zero-order chi connectivity index (χ0) is 16.4. The molecule has 0 spiro atoms. The van der Waals surface area contributed by atoms with Crippen molar-refractivity contribution in [1.29, 1.82) is 0 Å². The maximum Gasteiger partial charge on any atom is 0.212 e. The summed E-state index contributed by atoms with van der Waals surface area (Å²) in [5.74, 6) is 0.867. The van der Waals surface area contributed by atoms with Gasteiger partial charge < -0.3 is 9.97 Å². The van der Waals surface area contributed by atoms with Gasteiger partial charge in [-0.15, -0.1) is 0 Å². The Hall–Kier alpha value is -3.53. The molecule has 0 aliphatic rings. The van der Waals surface area contributed by atoms with Crippen molar-refractivity contribution in [1.82, 2.24) is 19.4 Å². The van der Waals surface area contributed by atoms with Gasteiger partial charge in [0.1, 0.15) is 0 Å². The zero-order valence-corrected chi connectivity index (χ0v) is 13.3. The molecule has 118 valence electrons. The summed E-state index contributed by atoms with van der Waals surface area (Å²) in [6, 6.07) is 21.3. The van der Waals surface area contributed by atoms with Crippen LogP contribution in [0.4, 0.5) is 0 Å². The van der Waals surface area contributed by atoms with E-state index in [0.29, 0.717) is 0 Å². The Morgan fingerprint density at radius 1 is 0.720 bits per heavy atom. The Labute approximate surface area is 142 Å². The summed E-state index contributed by atoms with van der Waals surface area (Å²) >= 11 is 0. The van der Waals surface area contributed by atoms with Crippen molar-refractivity contribution in [3.05, 3.63) is 73.1 Å². The van der Waals surface area contributed by atoms with E-state index >= 15 is 0 Å². The largest absolute Gasteiger partial charge is 0.354 e. The maximum atomic E-state index is 4.39. The van der Waals surface area contributed by atoms with E-state index in [0.717, 1.165) is 16.8 Å². The number of hydrogen-bond donors (Lipinski definition) is 2. The molecular formula is C21H14N4. The van der Waals surface area contributed by atoms with Crippen molar-refractivity contribution < 1.29 is 0 Å². The van der Waals surface area contributed by atoms with Crippen LogP contribution in [0, 0.1) is 0 Å². The van der Waals surface area contributed by atoms with E-state index in [1.54, 1.807) is 0 Å². The highest BCUT2D eigenvalue weighted by atomic mass is 15.1. The molecule has 3 aromatic heterocycles. The van der Waals surface area contributed by atoms with Crippen LogP contribution in [0.3, 0.4) is 0 Å². The molecule has 0 saturated carbocycles. The number of imidazole rings is 2. The number of aromatic nitrogens is 4. The molecule has 0 fully saturated rings. The highest BCUT2D eigenvalue weighted by Gasteiger charge is 2.14. The lowest BCUT2D eigenvalue weighted by molar-refractivity contribution is 1.25. The lowest BCUT2D eigenvalue weighted by Gasteiger charge is -2.05. The summed E-state index contributed by atoms with van der Waals surface area (Å²) in [5.41, 5.74) is 6.96. The summed E-state index contributed by atoms with van der Waals surface area (Å²) in [6.45, 7) is 0. The predicted octanol–water partition coefficient (Wildman–Crippen LogP) is 5.12. The Bertz CT molecular complexity index is 1400. The number of para-hydroxylation sites is 3. The minimum atomic E-state index is 0.867. The van der Waals surface area contributed by atoms with Crippen molar-refractivity contribution in [2.75, 3.05) is 0 Å². The molecule has 0 radical (unpaired) electrons. The Morgan fingerprint density at radius 2 is 1.52 bits per heavy atom. The molecule has 4 nitrogen and oxygen atoms in total. The minimum absolute atomic E-state index is 0.867. The van der Waals surface area contributed by atoms with Crippen molar-refractivity contribution >= 4 is 38.6 Å². The highest BCUT2D eigenvalue weighted by molar-refractivity contribution is 6.13. The van der Waals surface area contributed by atoms with Crippen molar-refractivity contribution in [3.63, 3.8) is 0 Å². The average molecular weight is 322 g/mol. The number of hydrogen-bond acceptors (Lipinski definition) is 1. The summed E-state index contributed by atoms with van der Waals surface area (Å²) in [5, 5.41) is 2.51. The highest BCUT2D eigenvalue weighted by Crippen LogP contribution is 2.36. The van der Waals surface area contributed by atoms with Gasteiger partial charge >= 0.3 is 0 Å². The molecule has 4 heteroatoms. The molecule has 3 heterocycles. The topological polar surface area (TPSA) is 48.9 Å². The van der Waals surface area contributed by atoms with Crippen LogP contribution >= 0.6 is 0 Å². The van der Waals surface area contributed by atoms with Crippen LogP contribution in [0.2, 0.25) is 0 Å². The number of nitrogens with zero attached hydrogens (tertiary/aromatic N) is 2. The number of fused-ring (bicyclic) bond motifs is 6. The van der Waals surface area contributed by atoms with Gasteiger partial charge in [-0.25, -0.2) is 4.98 Å². The third kappa shape index (κ3) is 1.63. The first-order valence-corrected chi connectivity index (χ1v) is 8.34. The van der Waals surface area contributed by atoms with Crippen LogP contribution in [-0.4, -0.2) is 19.4 Å². The average Bonchev–Trinajstić information content (AvgIpc) is 3.33. The van der Waals surface area contributed by atoms with Crippen LogP contribution in [0.5, 0.6) is 0 Å². The lowest BCUT2D eigenvalue weighted by atomic mass is 10.0. The van der Waals surface area contributed by atoms with Crippen molar-refractivity contribution in [2.45, 2.75) is 0 Å². The van der Waals surface area contributed by atoms with Gasteiger partial charge in [-0.3, -0.25) is 4.40 Å². The van der Waals surface area contributed by atoms with Crippen LogP contribution in [0.25, 0.3) is 49.7 Å². The third-order valence-corrected chi connectivity index (χ3v) is 5.01. The Kier molecular flexibility index (Phi) is 2.32. The van der Waals surface area contributed by atoms with Crippen molar-refractivity contribution in [3.8, 4) is 11.1 Å². The van der Waals surface area contributed by atoms with E-state index in [9.17, 15) is 0 Å². The van der Waals surface area contributed by atoms with Crippen molar-refractivity contribution in [2.24, 2.45) is 0 Å². The van der Waals surface area contributed by atoms with Gasteiger partial charge in [0, 0.05) is 39.8 Å². The van der Waals surface area contributed by atoms with Crippen LogP contribution in [-0.2, 0) is 0 Å². The molecule has 2 N–H and O–H groups in total. The first kappa shape index (κ1) is 12.8. The molecule has 0 aliphatic heterocycles. The predicted molar refractivity (Wildman–Crippen MR) is 102 cm³/mol. The fourth-order valence-electron chi connectivity index (χ4n) is 3.90. The fraction of sp³-hybridized carbons (Fsp3) is 0. The molecule has 25 heavy (non-hydrogen) atoms. The van der Waals surface area contributed by atoms with E-state index in [-0.39, 0.29) is 0 Å². The van der Waals surface area contributed by atoms with Crippen LogP contribution in [0.1, 0.15) is 0 Å². The van der Waals surface area contributed by atoms with Gasteiger partial charge in [0.05, 0.1) is 16.6 Å². The second-order valence-electron chi connectivity index (χ2n) is 6.34. The van der Waals surface area contributed by atoms with Gasteiger partial charge in [-0.05, 0) is 12.1 Å². The second kappa shape index (κ2) is 4.51. The summed E-state index contributed by atoms with van der Waals surface area (Å²) in [6.07, 6.45) is 3.80. The maximum absolute atomic E-state index is 4.39. The molecule has 6 aromatic rings. The molecule has 0 unspecified atom stereocenters. The van der Waals surface area contributed by atoms with E-state index in [1.807, 2.05) is 12.4 Å². The normalized spacial score (nSPS) is 12.0. The number of H-pyrrole nitrogens is 2. The Morgan fingerprint density at radius 3 is 2.48 bits per heavy atom. The van der Waals surface area contributed by atoms with E-state index in [4.69, 9.17) is 0 Å². The zero-order valence-electron chi connectivity index (χ0n) is 13.3. The number of nitrogens with one attached hydrogen (secondary N) is 2. The Balaban J connectivity index is 1.76. The SMILES string of the molecule is c1ccc2c(c1)[nH]c1c(-c3cccc4c3[nH]c3nccn34)cccc12. The van der Waals surface area contributed by atoms with E-state index < -0.39 is 0 Å². The third-order valence-electron chi connectivity index (χ3n) is 5.01. The number of benzene rings is 3. The monoisotopic (exact) mass is 322 g/mol. The quantitative estimate of drug-likeness (QED) is 0.434. The smallest absolute Gasteiger partial charge is 0.212 e. The second-order valence-corrected chi connectivity index (χ2v) is 6.34. The van der Waals surface area contributed by atoms with E-state index in [2.05, 4.69) is 80.0 Å². The molecular weight excluding hydrogens is 308 g/mol. The van der Waals surface area contributed by atoms with Gasteiger partial charge in [0.2, 0.25) is 5.78 Å². The first-order valence-electron chi connectivity index (χ1n) is 8.34.